The number of pyridine rings is 1. The SMILES string of the molecule is COc1ccc(NC(=O)c2ccc(=O)[nH]c2)cc1OC. The molecule has 1 aromatic carbocycles. The summed E-state index contributed by atoms with van der Waals surface area (Å²) in [7, 11) is 3.06. The van der Waals surface area contributed by atoms with Gasteiger partial charge in [0.2, 0.25) is 5.56 Å². The van der Waals surface area contributed by atoms with Gasteiger partial charge in [-0.25, -0.2) is 0 Å². The second kappa shape index (κ2) is 5.92. The Balaban J connectivity index is 2.19. The quantitative estimate of drug-likeness (QED) is 0.888. The van der Waals surface area contributed by atoms with Crippen molar-refractivity contribution in [3.63, 3.8) is 0 Å². The minimum atomic E-state index is -0.325. The van der Waals surface area contributed by atoms with Crippen LogP contribution in [0.5, 0.6) is 11.5 Å². The smallest absolute Gasteiger partial charge is 0.257 e. The molecule has 0 unspecified atom stereocenters. The topological polar surface area (TPSA) is 80.4 Å². The lowest BCUT2D eigenvalue weighted by atomic mass is 10.2. The summed E-state index contributed by atoms with van der Waals surface area (Å²) in [5.74, 6) is 0.773. The number of aromatic nitrogens is 1. The third-order valence-corrected chi connectivity index (χ3v) is 2.69. The normalized spacial score (nSPS) is 9.90. The van der Waals surface area contributed by atoms with Crippen LogP contribution in [0.15, 0.2) is 41.3 Å². The number of nitrogens with one attached hydrogen (secondary N) is 2. The van der Waals surface area contributed by atoms with Crippen molar-refractivity contribution in [1.29, 1.82) is 0 Å². The Kier molecular flexibility index (Phi) is 4.05. The summed E-state index contributed by atoms with van der Waals surface area (Å²) < 4.78 is 10.3. The molecule has 0 radical (unpaired) electrons. The monoisotopic (exact) mass is 274 g/mol. The van der Waals surface area contributed by atoms with Gasteiger partial charge in [-0.15, -0.1) is 0 Å². The van der Waals surface area contributed by atoms with E-state index in [2.05, 4.69) is 10.3 Å². The van der Waals surface area contributed by atoms with Crippen LogP contribution in [0, 0.1) is 0 Å². The molecule has 20 heavy (non-hydrogen) atoms. The molecule has 0 aliphatic heterocycles. The van der Waals surface area contributed by atoms with Gasteiger partial charge in [0.15, 0.2) is 11.5 Å². The number of ether oxygens (including phenoxy) is 2. The van der Waals surface area contributed by atoms with Crippen LogP contribution in [0.25, 0.3) is 0 Å². The number of hydrogen-bond acceptors (Lipinski definition) is 4. The van der Waals surface area contributed by atoms with E-state index >= 15 is 0 Å². The first-order valence-corrected chi connectivity index (χ1v) is 5.86. The molecule has 0 spiro atoms. The van der Waals surface area contributed by atoms with Crippen LogP contribution >= 0.6 is 0 Å². The van der Waals surface area contributed by atoms with Crippen molar-refractivity contribution >= 4 is 11.6 Å². The molecule has 0 fully saturated rings. The maximum absolute atomic E-state index is 12.0. The first kappa shape index (κ1) is 13.7. The van der Waals surface area contributed by atoms with Gasteiger partial charge in [0.1, 0.15) is 0 Å². The number of rotatable bonds is 4. The van der Waals surface area contributed by atoms with Crippen LogP contribution in [0.4, 0.5) is 5.69 Å². The summed E-state index contributed by atoms with van der Waals surface area (Å²) in [4.78, 5) is 25.4. The maximum Gasteiger partial charge on any atom is 0.257 e. The number of hydrogen-bond donors (Lipinski definition) is 2. The summed E-state index contributed by atoms with van der Waals surface area (Å²) in [5, 5.41) is 2.71. The second-order valence-corrected chi connectivity index (χ2v) is 3.97. The van der Waals surface area contributed by atoms with Crippen molar-refractivity contribution in [2.24, 2.45) is 0 Å². The number of H-pyrrole nitrogens is 1. The van der Waals surface area contributed by atoms with Gasteiger partial charge in [-0.1, -0.05) is 0 Å². The van der Waals surface area contributed by atoms with Gasteiger partial charge >= 0.3 is 0 Å². The highest BCUT2D eigenvalue weighted by molar-refractivity contribution is 6.04. The molecular weight excluding hydrogens is 260 g/mol. The molecule has 0 bridgehead atoms. The van der Waals surface area contributed by atoms with E-state index in [1.807, 2.05) is 0 Å². The Morgan fingerprint density at radius 1 is 1.10 bits per heavy atom. The molecule has 1 heterocycles. The average Bonchev–Trinajstić information content (AvgIpc) is 2.47. The minimum Gasteiger partial charge on any atom is -0.493 e. The van der Waals surface area contributed by atoms with E-state index in [1.165, 1.54) is 32.5 Å². The van der Waals surface area contributed by atoms with Crippen LogP contribution in [0.2, 0.25) is 0 Å². The highest BCUT2D eigenvalue weighted by atomic mass is 16.5. The van der Waals surface area contributed by atoms with E-state index in [-0.39, 0.29) is 11.5 Å². The van der Waals surface area contributed by atoms with Crippen LogP contribution in [-0.4, -0.2) is 25.1 Å². The number of benzene rings is 1. The zero-order valence-electron chi connectivity index (χ0n) is 11.1. The molecule has 6 nitrogen and oxygen atoms in total. The summed E-state index contributed by atoms with van der Waals surface area (Å²) in [6.45, 7) is 0. The third kappa shape index (κ3) is 2.97. The molecule has 0 aliphatic carbocycles. The fourth-order valence-electron chi connectivity index (χ4n) is 1.67. The fraction of sp³-hybridized carbons (Fsp3) is 0.143. The zero-order valence-corrected chi connectivity index (χ0v) is 11.1. The van der Waals surface area contributed by atoms with Gasteiger partial charge in [-0.2, -0.15) is 0 Å². The molecule has 6 heteroatoms. The molecule has 2 aromatic rings. The second-order valence-electron chi connectivity index (χ2n) is 3.97. The van der Waals surface area contributed by atoms with Crippen LogP contribution < -0.4 is 20.3 Å². The van der Waals surface area contributed by atoms with Gasteiger partial charge in [0.25, 0.3) is 5.91 Å². The van der Waals surface area contributed by atoms with Crippen LogP contribution in [0.1, 0.15) is 10.4 Å². The Hall–Kier alpha value is -2.76. The first-order chi connectivity index (χ1) is 9.63. The Morgan fingerprint density at radius 3 is 2.45 bits per heavy atom. The van der Waals surface area contributed by atoms with Gasteiger partial charge in [0.05, 0.1) is 19.8 Å². The van der Waals surface area contributed by atoms with Crippen molar-refractivity contribution < 1.29 is 14.3 Å². The van der Waals surface area contributed by atoms with E-state index in [4.69, 9.17) is 9.47 Å². The molecular formula is C14H14N2O4. The van der Waals surface area contributed by atoms with Crippen molar-refractivity contribution in [3.8, 4) is 11.5 Å². The number of amides is 1. The summed E-state index contributed by atoms with van der Waals surface area (Å²) in [5.41, 5.74) is 0.672. The van der Waals surface area contributed by atoms with Gasteiger partial charge in [-0.05, 0) is 18.2 Å². The summed E-state index contributed by atoms with van der Waals surface area (Å²) >= 11 is 0. The van der Waals surface area contributed by atoms with Gasteiger partial charge in [-0.3, -0.25) is 9.59 Å². The van der Waals surface area contributed by atoms with Gasteiger partial charge in [0, 0.05) is 24.0 Å². The van der Waals surface area contributed by atoms with Crippen LogP contribution in [-0.2, 0) is 0 Å². The average molecular weight is 274 g/mol. The van der Waals surface area contributed by atoms with Crippen molar-refractivity contribution in [2.75, 3.05) is 19.5 Å². The van der Waals surface area contributed by atoms with Crippen molar-refractivity contribution in [3.05, 3.63) is 52.4 Å². The van der Waals surface area contributed by atoms with E-state index in [0.29, 0.717) is 22.7 Å². The minimum absolute atomic E-state index is 0.257. The molecule has 2 N–H and O–H groups in total. The number of anilines is 1. The Morgan fingerprint density at radius 2 is 1.85 bits per heavy atom. The molecule has 0 saturated heterocycles. The molecule has 0 saturated carbocycles. The lowest BCUT2D eigenvalue weighted by molar-refractivity contribution is 0.102. The number of carbonyl (C=O) groups excluding carboxylic acids is 1. The molecule has 104 valence electrons. The van der Waals surface area contributed by atoms with Crippen molar-refractivity contribution in [2.45, 2.75) is 0 Å². The van der Waals surface area contributed by atoms with E-state index in [0.717, 1.165) is 0 Å². The standard InChI is InChI=1S/C14H14N2O4/c1-19-11-5-4-10(7-12(11)20-2)16-14(18)9-3-6-13(17)15-8-9/h3-8H,1-2H3,(H,15,17)(H,16,18). The molecule has 0 aliphatic rings. The third-order valence-electron chi connectivity index (χ3n) is 2.69. The molecule has 1 aromatic heterocycles. The molecule has 0 atom stereocenters. The first-order valence-electron chi connectivity index (χ1n) is 5.86. The van der Waals surface area contributed by atoms with Gasteiger partial charge < -0.3 is 19.8 Å². The number of aromatic amines is 1. The lowest BCUT2D eigenvalue weighted by Gasteiger charge is -2.10. The zero-order chi connectivity index (χ0) is 14.5. The van der Waals surface area contributed by atoms with Crippen LogP contribution in [0.3, 0.4) is 0 Å². The predicted octanol–water partition coefficient (Wildman–Crippen LogP) is 1.64. The highest BCUT2D eigenvalue weighted by Gasteiger charge is 2.09. The van der Waals surface area contributed by atoms with E-state index in [1.54, 1.807) is 18.2 Å². The van der Waals surface area contributed by atoms with Crippen molar-refractivity contribution in [1.82, 2.24) is 4.98 Å². The Bertz CT molecular complexity index is 659. The van der Waals surface area contributed by atoms with E-state index < -0.39 is 0 Å². The summed E-state index contributed by atoms with van der Waals surface area (Å²) in [6, 6.07) is 7.80. The molecule has 2 rings (SSSR count). The number of methoxy groups -OCH3 is 2. The molecule has 1 amide bonds. The Labute approximate surface area is 115 Å². The number of carbonyl (C=O) groups is 1. The lowest BCUT2D eigenvalue weighted by Crippen LogP contribution is -2.14. The predicted molar refractivity (Wildman–Crippen MR) is 74.6 cm³/mol. The van der Waals surface area contributed by atoms with E-state index in [9.17, 15) is 9.59 Å². The highest BCUT2D eigenvalue weighted by Crippen LogP contribution is 2.29. The fourth-order valence-corrected chi connectivity index (χ4v) is 1.67. The maximum atomic E-state index is 12.0. The summed E-state index contributed by atoms with van der Waals surface area (Å²) in [6.07, 6.45) is 1.36. The largest absolute Gasteiger partial charge is 0.493 e.